The summed E-state index contributed by atoms with van der Waals surface area (Å²) in [4.78, 5) is 6.81. The number of morpholine rings is 1. The Morgan fingerprint density at radius 3 is 2.81 bits per heavy atom. The molecule has 0 radical (unpaired) electrons. The number of aryl methyl sites for hydroxylation is 1. The van der Waals surface area contributed by atoms with Crippen molar-refractivity contribution < 1.29 is 4.74 Å². The highest BCUT2D eigenvalue weighted by Gasteiger charge is 2.16. The minimum Gasteiger partial charge on any atom is -0.379 e. The van der Waals surface area contributed by atoms with E-state index in [0.29, 0.717) is 18.5 Å². The van der Waals surface area contributed by atoms with Gasteiger partial charge in [0, 0.05) is 24.8 Å². The van der Waals surface area contributed by atoms with E-state index in [4.69, 9.17) is 10.5 Å². The second-order valence-corrected chi connectivity index (χ2v) is 5.22. The minimum atomic E-state index is 0. The molecule has 1 atom stereocenters. The topological polar surface area (TPSA) is 62.9 Å². The fourth-order valence-electron chi connectivity index (χ4n) is 2.27. The number of halogens is 1. The van der Waals surface area contributed by atoms with E-state index in [1.54, 1.807) is 0 Å². The second-order valence-electron chi connectivity index (χ2n) is 5.22. The summed E-state index contributed by atoms with van der Waals surface area (Å²) < 4.78 is 5.35. The quantitative estimate of drug-likeness (QED) is 0.458. The van der Waals surface area contributed by atoms with Crippen LogP contribution in [0, 0.1) is 6.92 Å². The van der Waals surface area contributed by atoms with E-state index in [9.17, 15) is 0 Å². The number of hydrogen-bond acceptors (Lipinski definition) is 3. The predicted molar refractivity (Wildman–Crippen MR) is 98.6 cm³/mol. The molecule has 118 valence electrons. The van der Waals surface area contributed by atoms with Crippen LogP contribution in [0.3, 0.4) is 0 Å². The van der Waals surface area contributed by atoms with Gasteiger partial charge in [0.25, 0.3) is 0 Å². The van der Waals surface area contributed by atoms with E-state index in [-0.39, 0.29) is 24.0 Å². The first-order valence-electron chi connectivity index (χ1n) is 7.10. The molecule has 1 fully saturated rings. The maximum Gasteiger partial charge on any atom is 0.193 e. The van der Waals surface area contributed by atoms with Gasteiger partial charge in [-0.3, -0.25) is 9.89 Å². The largest absolute Gasteiger partial charge is 0.379 e. The fraction of sp³-hybridized carbons (Fsp3) is 0.533. The molecule has 21 heavy (non-hydrogen) atoms. The molecule has 5 nitrogen and oxygen atoms in total. The van der Waals surface area contributed by atoms with Gasteiger partial charge < -0.3 is 15.8 Å². The summed E-state index contributed by atoms with van der Waals surface area (Å²) in [5.74, 6) is 0.468. The highest BCUT2D eigenvalue weighted by atomic mass is 127. The van der Waals surface area contributed by atoms with Crippen molar-refractivity contribution in [3.05, 3.63) is 29.8 Å². The minimum absolute atomic E-state index is 0. The second kappa shape index (κ2) is 9.22. The summed E-state index contributed by atoms with van der Waals surface area (Å²) in [6, 6.07) is 8.48. The number of anilines is 1. The molecule has 1 aromatic rings. The zero-order valence-corrected chi connectivity index (χ0v) is 15.0. The first kappa shape index (κ1) is 18.2. The number of benzene rings is 1. The van der Waals surface area contributed by atoms with E-state index in [0.717, 1.165) is 32.0 Å². The van der Waals surface area contributed by atoms with Gasteiger partial charge in [-0.2, -0.15) is 0 Å². The van der Waals surface area contributed by atoms with Gasteiger partial charge in [-0.05, 0) is 31.5 Å². The number of aliphatic imine (C=N–C) groups is 1. The Morgan fingerprint density at radius 1 is 1.43 bits per heavy atom. The lowest BCUT2D eigenvalue weighted by Crippen LogP contribution is -2.43. The number of ether oxygens (including phenoxy) is 1. The van der Waals surface area contributed by atoms with Crippen molar-refractivity contribution >= 4 is 35.6 Å². The zero-order chi connectivity index (χ0) is 14.4. The standard InChI is InChI=1S/C15H24N4O.HI/c1-12-4-3-5-14(10-12)18-15(16)17-11-13(2)19-6-8-20-9-7-19;/h3-5,10,13H,6-9,11H2,1-2H3,(H3,16,17,18);1H. The Hall–Kier alpha value is -0.860. The molecule has 0 amide bonds. The maximum atomic E-state index is 5.93. The lowest BCUT2D eigenvalue weighted by Gasteiger charge is -2.31. The van der Waals surface area contributed by atoms with Crippen molar-refractivity contribution in [3.8, 4) is 0 Å². The molecule has 2 rings (SSSR count). The van der Waals surface area contributed by atoms with Crippen LogP contribution in [0.2, 0.25) is 0 Å². The smallest absolute Gasteiger partial charge is 0.193 e. The van der Waals surface area contributed by atoms with E-state index >= 15 is 0 Å². The number of nitrogens with zero attached hydrogens (tertiary/aromatic N) is 2. The molecule has 3 N–H and O–H groups in total. The lowest BCUT2D eigenvalue weighted by molar-refractivity contribution is 0.0221. The molecular formula is C15H25IN4O. The van der Waals surface area contributed by atoms with Crippen molar-refractivity contribution in [2.75, 3.05) is 38.2 Å². The third-order valence-corrected chi connectivity index (χ3v) is 3.49. The van der Waals surface area contributed by atoms with Crippen molar-refractivity contribution in [2.45, 2.75) is 19.9 Å². The van der Waals surface area contributed by atoms with Crippen molar-refractivity contribution in [1.82, 2.24) is 4.90 Å². The van der Waals surface area contributed by atoms with Gasteiger partial charge >= 0.3 is 0 Å². The molecule has 0 aromatic heterocycles. The Labute approximate surface area is 144 Å². The number of nitrogens with one attached hydrogen (secondary N) is 1. The van der Waals surface area contributed by atoms with Crippen LogP contribution in [0.15, 0.2) is 29.3 Å². The van der Waals surface area contributed by atoms with Crippen LogP contribution in [0.4, 0.5) is 5.69 Å². The molecule has 1 heterocycles. The molecular weight excluding hydrogens is 379 g/mol. The molecule has 0 spiro atoms. The van der Waals surface area contributed by atoms with Crippen molar-refractivity contribution in [3.63, 3.8) is 0 Å². The molecule has 0 saturated carbocycles. The van der Waals surface area contributed by atoms with Crippen LogP contribution < -0.4 is 11.1 Å². The molecule has 1 unspecified atom stereocenters. The average Bonchev–Trinajstić information content (AvgIpc) is 2.46. The first-order chi connectivity index (χ1) is 9.65. The van der Waals surface area contributed by atoms with Crippen molar-refractivity contribution in [2.24, 2.45) is 10.7 Å². The van der Waals surface area contributed by atoms with Gasteiger partial charge in [0.1, 0.15) is 0 Å². The molecule has 6 heteroatoms. The number of nitrogens with two attached hydrogens (primary N) is 1. The highest BCUT2D eigenvalue weighted by molar-refractivity contribution is 14.0. The summed E-state index contributed by atoms with van der Waals surface area (Å²) in [6.45, 7) is 8.50. The normalized spacial score (nSPS) is 17.9. The molecule has 0 bridgehead atoms. The number of hydrogen-bond donors (Lipinski definition) is 2. The maximum absolute atomic E-state index is 5.93. The Bertz CT molecular complexity index is 461. The molecule has 0 aliphatic carbocycles. The van der Waals surface area contributed by atoms with E-state index < -0.39 is 0 Å². The highest BCUT2D eigenvalue weighted by Crippen LogP contribution is 2.09. The van der Waals surface area contributed by atoms with Crippen LogP contribution in [0.5, 0.6) is 0 Å². The van der Waals surface area contributed by atoms with E-state index in [2.05, 4.69) is 35.1 Å². The number of guanidine groups is 1. The summed E-state index contributed by atoms with van der Waals surface area (Å²) in [7, 11) is 0. The monoisotopic (exact) mass is 404 g/mol. The van der Waals surface area contributed by atoms with Gasteiger partial charge in [0.05, 0.1) is 19.8 Å². The number of rotatable bonds is 4. The van der Waals surface area contributed by atoms with E-state index in [1.165, 1.54) is 5.56 Å². The van der Waals surface area contributed by atoms with Crippen molar-refractivity contribution in [1.29, 1.82) is 0 Å². The Morgan fingerprint density at radius 2 is 2.14 bits per heavy atom. The SMILES string of the molecule is Cc1cccc(NC(N)=NCC(C)N2CCOCC2)c1.I. The summed E-state index contributed by atoms with van der Waals surface area (Å²) in [6.07, 6.45) is 0. The van der Waals surface area contributed by atoms with Gasteiger partial charge in [0.2, 0.25) is 0 Å². The van der Waals surface area contributed by atoms with E-state index in [1.807, 2.05) is 18.2 Å². The molecule has 1 aliphatic heterocycles. The van der Waals surface area contributed by atoms with Crippen LogP contribution in [0.25, 0.3) is 0 Å². The fourth-order valence-corrected chi connectivity index (χ4v) is 2.27. The third-order valence-electron chi connectivity index (χ3n) is 3.49. The van der Waals surface area contributed by atoms with Crippen LogP contribution in [-0.4, -0.2) is 49.7 Å². The summed E-state index contributed by atoms with van der Waals surface area (Å²) >= 11 is 0. The van der Waals surface area contributed by atoms with Crippen LogP contribution in [-0.2, 0) is 4.74 Å². The van der Waals surface area contributed by atoms with Crippen LogP contribution >= 0.6 is 24.0 Å². The van der Waals surface area contributed by atoms with Gasteiger partial charge in [0.15, 0.2) is 5.96 Å². The lowest BCUT2D eigenvalue weighted by atomic mass is 10.2. The Kier molecular flexibility index (Phi) is 7.98. The van der Waals surface area contributed by atoms with Gasteiger partial charge in [-0.15, -0.1) is 24.0 Å². The summed E-state index contributed by atoms with van der Waals surface area (Å²) in [5, 5.41) is 3.13. The molecule has 1 saturated heterocycles. The summed E-state index contributed by atoms with van der Waals surface area (Å²) in [5.41, 5.74) is 8.11. The zero-order valence-electron chi connectivity index (χ0n) is 12.7. The van der Waals surface area contributed by atoms with Gasteiger partial charge in [-0.25, -0.2) is 0 Å². The molecule has 1 aliphatic rings. The predicted octanol–water partition coefficient (Wildman–Crippen LogP) is 2.06. The van der Waals surface area contributed by atoms with Crippen LogP contribution in [0.1, 0.15) is 12.5 Å². The van der Waals surface area contributed by atoms with Gasteiger partial charge in [-0.1, -0.05) is 12.1 Å². The molecule has 1 aromatic carbocycles. The first-order valence-corrected chi connectivity index (χ1v) is 7.10. The average molecular weight is 404 g/mol. The Balaban J connectivity index is 0.00000220. The third kappa shape index (κ3) is 6.19.